The molecule has 0 spiro atoms. The van der Waals surface area contributed by atoms with Crippen LogP contribution in [0.1, 0.15) is 36.7 Å². The van der Waals surface area contributed by atoms with Crippen LogP contribution in [0.4, 0.5) is 0 Å². The molecule has 3 nitrogen and oxygen atoms in total. The number of benzene rings is 2. The molecule has 0 aliphatic carbocycles. The first kappa shape index (κ1) is 15.3. The summed E-state index contributed by atoms with van der Waals surface area (Å²) in [5.41, 5.74) is 3.45. The number of fused-ring (bicyclic) bond motifs is 1. The third-order valence-corrected chi connectivity index (χ3v) is 3.66. The minimum absolute atomic E-state index is 0.303. The Kier molecular flexibility index (Phi) is 4.76. The van der Waals surface area contributed by atoms with E-state index in [2.05, 4.69) is 0 Å². The van der Waals surface area contributed by atoms with Gasteiger partial charge in [0.2, 0.25) is 0 Å². The maximum atomic E-state index is 11.6. The highest BCUT2D eigenvalue weighted by Crippen LogP contribution is 2.23. The molecule has 0 saturated heterocycles. The van der Waals surface area contributed by atoms with E-state index in [9.17, 15) is 9.90 Å². The summed E-state index contributed by atoms with van der Waals surface area (Å²) in [6, 6.07) is 11.3. The molecule has 0 saturated carbocycles. The Bertz CT molecular complexity index is 695. The second-order valence-electron chi connectivity index (χ2n) is 5.40. The summed E-state index contributed by atoms with van der Waals surface area (Å²) in [6.45, 7) is 6.92. The van der Waals surface area contributed by atoms with Crippen LogP contribution in [-0.4, -0.2) is 17.7 Å². The van der Waals surface area contributed by atoms with E-state index in [1.165, 1.54) is 11.1 Å². The lowest BCUT2D eigenvalue weighted by atomic mass is 9.99. The summed E-state index contributed by atoms with van der Waals surface area (Å²) >= 11 is 0. The van der Waals surface area contributed by atoms with Gasteiger partial charge < -0.3 is 9.84 Å². The van der Waals surface area contributed by atoms with Gasteiger partial charge in [0.1, 0.15) is 0 Å². The monoisotopic (exact) mass is 284 g/mol. The van der Waals surface area contributed by atoms with Crippen LogP contribution >= 0.6 is 0 Å². The summed E-state index contributed by atoms with van der Waals surface area (Å²) in [7, 11) is 0. The van der Waals surface area contributed by atoms with Crippen molar-refractivity contribution in [1.82, 2.24) is 0 Å². The van der Waals surface area contributed by atoms with Crippen molar-refractivity contribution < 1.29 is 14.6 Å². The van der Waals surface area contributed by atoms with Crippen molar-refractivity contribution in [3.05, 3.63) is 58.7 Å². The Morgan fingerprint density at radius 1 is 1.10 bits per heavy atom. The lowest BCUT2D eigenvalue weighted by Gasteiger charge is -2.11. The molecule has 0 aromatic heterocycles. The maximum absolute atomic E-state index is 11.6. The maximum Gasteiger partial charge on any atom is 0.336 e. The van der Waals surface area contributed by atoms with Crippen LogP contribution in [0.15, 0.2) is 47.5 Å². The Labute approximate surface area is 124 Å². The molecule has 1 N–H and O–H groups in total. The van der Waals surface area contributed by atoms with Crippen LogP contribution in [-0.2, 0) is 11.3 Å². The predicted octanol–water partition coefficient (Wildman–Crippen LogP) is 4.41. The zero-order valence-electron chi connectivity index (χ0n) is 12.6. The van der Waals surface area contributed by atoms with Gasteiger partial charge >= 0.3 is 5.97 Å². The SMILES string of the molecule is CC(C)=C(C)COCc1ccc2ccccc2c1C(=O)O. The van der Waals surface area contributed by atoms with E-state index < -0.39 is 5.97 Å². The van der Waals surface area contributed by atoms with Crippen LogP contribution in [0.3, 0.4) is 0 Å². The topological polar surface area (TPSA) is 46.5 Å². The molecule has 3 heteroatoms. The molecule has 0 atom stereocenters. The number of rotatable bonds is 5. The van der Waals surface area contributed by atoms with Gasteiger partial charge in [0, 0.05) is 0 Å². The fourth-order valence-corrected chi connectivity index (χ4v) is 2.15. The second kappa shape index (κ2) is 6.55. The Hall–Kier alpha value is -2.13. The molecule has 0 bridgehead atoms. The fraction of sp³-hybridized carbons (Fsp3) is 0.278. The molecule has 21 heavy (non-hydrogen) atoms. The highest BCUT2D eigenvalue weighted by molar-refractivity contribution is 6.05. The quantitative estimate of drug-likeness (QED) is 0.827. The average molecular weight is 284 g/mol. The normalized spacial score (nSPS) is 10.6. The first-order valence-electron chi connectivity index (χ1n) is 6.95. The van der Waals surface area contributed by atoms with Gasteiger partial charge in [-0.3, -0.25) is 0 Å². The van der Waals surface area contributed by atoms with E-state index in [-0.39, 0.29) is 0 Å². The number of carbonyl (C=O) groups is 1. The van der Waals surface area contributed by atoms with Gasteiger partial charge in [-0.15, -0.1) is 0 Å². The molecule has 0 aliphatic heterocycles. The minimum Gasteiger partial charge on any atom is -0.478 e. The van der Waals surface area contributed by atoms with Crippen molar-refractivity contribution in [2.45, 2.75) is 27.4 Å². The zero-order chi connectivity index (χ0) is 15.4. The van der Waals surface area contributed by atoms with Crippen molar-refractivity contribution >= 4 is 16.7 Å². The summed E-state index contributed by atoms with van der Waals surface area (Å²) in [5, 5.41) is 11.2. The van der Waals surface area contributed by atoms with Gasteiger partial charge in [-0.05, 0) is 42.7 Å². The van der Waals surface area contributed by atoms with Gasteiger partial charge in [-0.25, -0.2) is 4.79 Å². The van der Waals surface area contributed by atoms with E-state index in [0.29, 0.717) is 24.3 Å². The molecule has 0 unspecified atom stereocenters. The lowest BCUT2D eigenvalue weighted by Crippen LogP contribution is -2.06. The zero-order valence-corrected chi connectivity index (χ0v) is 12.6. The highest BCUT2D eigenvalue weighted by atomic mass is 16.5. The first-order valence-corrected chi connectivity index (χ1v) is 6.95. The van der Waals surface area contributed by atoms with Crippen LogP contribution in [0.5, 0.6) is 0 Å². The van der Waals surface area contributed by atoms with Crippen LogP contribution in [0.25, 0.3) is 10.8 Å². The molecule has 0 fully saturated rings. The average Bonchev–Trinajstić information content (AvgIpc) is 2.46. The van der Waals surface area contributed by atoms with Gasteiger partial charge in [0.05, 0.1) is 18.8 Å². The molecule has 0 radical (unpaired) electrons. The van der Waals surface area contributed by atoms with E-state index in [1.54, 1.807) is 0 Å². The second-order valence-corrected chi connectivity index (χ2v) is 5.40. The number of aromatic carboxylic acids is 1. The van der Waals surface area contributed by atoms with Crippen molar-refractivity contribution in [3.63, 3.8) is 0 Å². The molecule has 2 aromatic carbocycles. The molecule has 110 valence electrons. The number of hydrogen-bond acceptors (Lipinski definition) is 2. The fourth-order valence-electron chi connectivity index (χ4n) is 2.15. The number of hydrogen-bond donors (Lipinski definition) is 1. The first-order chi connectivity index (χ1) is 10.0. The molecular formula is C18H20O3. The highest BCUT2D eigenvalue weighted by Gasteiger charge is 2.14. The predicted molar refractivity (Wildman–Crippen MR) is 84.6 cm³/mol. The van der Waals surface area contributed by atoms with E-state index in [1.807, 2.05) is 57.2 Å². The molecule has 0 heterocycles. The third-order valence-electron chi connectivity index (χ3n) is 3.66. The third kappa shape index (κ3) is 3.50. The van der Waals surface area contributed by atoms with Crippen molar-refractivity contribution in [1.29, 1.82) is 0 Å². The minimum atomic E-state index is -0.913. The molecule has 0 aliphatic rings. The Balaban J connectivity index is 2.29. The molecule has 2 rings (SSSR count). The van der Waals surface area contributed by atoms with Gasteiger partial charge in [-0.2, -0.15) is 0 Å². The van der Waals surface area contributed by atoms with Crippen molar-refractivity contribution in [2.75, 3.05) is 6.61 Å². The van der Waals surface area contributed by atoms with Gasteiger partial charge in [0.25, 0.3) is 0 Å². The summed E-state index contributed by atoms with van der Waals surface area (Å²) < 4.78 is 5.66. The Morgan fingerprint density at radius 2 is 1.81 bits per heavy atom. The molecular weight excluding hydrogens is 264 g/mol. The van der Waals surface area contributed by atoms with Gasteiger partial charge in [0.15, 0.2) is 0 Å². The number of ether oxygens (including phenoxy) is 1. The Morgan fingerprint density at radius 3 is 2.48 bits per heavy atom. The number of carboxylic acids is 1. The number of carboxylic acid groups (broad SMARTS) is 1. The molecule has 2 aromatic rings. The van der Waals surface area contributed by atoms with E-state index >= 15 is 0 Å². The summed E-state index contributed by atoms with van der Waals surface area (Å²) in [4.78, 5) is 11.6. The standard InChI is InChI=1S/C18H20O3/c1-12(2)13(3)10-21-11-15-9-8-14-6-4-5-7-16(14)17(15)18(19)20/h4-9H,10-11H2,1-3H3,(H,19,20). The summed E-state index contributed by atoms with van der Waals surface area (Å²) in [5.74, 6) is -0.913. The van der Waals surface area contributed by atoms with E-state index in [0.717, 1.165) is 10.8 Å². The number of allylic oxidation sites excluding steroid dienone is 1. The van der Waals surface area contributed by atoms with Crippen LogP contribution in [0, 0.1) is 0 Å². The smallest absolute Gasteiger partial charge is 0.336 e. The summed E-state index contributed by atoms with van der Waals surface area (Å²) in [6.07, 6.45) is 0. The largest absolute Gasteiger partial charge is 0.478 e. The van der Waals surface area contributed by atoms with Crippen molar-refractivity contribution in [3.8, 4) is 0 Å². The van der Waals surface area contributed by atoms with Crippen molar-refractivity contribution in [2.24, 2.45) is 0 Å². The molecule has 0 amide bonds. The van der Waals surface area contributed by atoms with E-state index in [4.69, 9.17) is 4.74 Å². The van der Waals surface area contributed by atoms with Crippen LogP contribution in [0.2, 0.25) is 0 Å². The van der Waals surface area contributed by atoms with Gasteiger partial charge in [-0.1, -0.05) is 42.0 Å². The van der Waals surface area contributed by atoms with Crippen LogP contribution < -0.4 is 0 Å². The lowest BCUT2D eigenvalue weighted by molar-refractivity contribution is 0.0692.